The predicted molar refractivity (Wildman–Crippen MR) is 82.6 cm³/mol. The quantitative estimate of drug-likeness (QED) is 0.686. The molecule has 3 heteroatoms. The smallest absolute Gasteiger partial charge is 0.0593 e. The van der Waals surface area contributed by atoms with Gasteiger partial charge in [0.15, 0.2) is 0 Å². The van der Waals surface area contributed by atoms with Crippen LogP contribution in [0.25, 0.3) is 0 Å². The largest absolute Gasteiger partial charge is 0.380 e. The van der Waals surface area contributed by atoms with Crippen LogP contribution in [-0.4, -0.2) is 49.3 Å². The minimum atomic E-state index is 0.316. The van der Waals surface area contributed by atoms with E-state index in [0.717, 1.165) is 32.2 Å². The van der Waals surface area contributed by atoms with Gasteiger partial charge in [-0.2, -0.15) is 0 Å². The highest BCUT2D eigenvalue weighted by Gasteiger charge is 2.37. The molecular formula is C16H34N2O. The number of nitrogens with zero attached hydrogens (tertiary/aromatic N) is 1. The molecule has 2 atom stereocenters. The topological polar surface area (TPSA) is 24.5 Å². The summed E-state index contributed by atoms with van der Waals surface area (Å²) in [7, 11) is 0. The number of piperazine rings is 1. The molecule has 1 N–H and O–H groups in total. The molecule has 1 aliphatic heterocycles. The third-order valence-corrected chi connectivity index (χ3v) is 5.04. The Hall–Kier alpha value is -0.120. The summed E-state index contributed by atoms with van der Waals surface area (Å²) in [6.45, 7) is 16.4. The second kappa shape index (κ2) is 8.23. The molecule has 114 valence electrons. The van der Waals surface area contributed by atoms with E-state index in [2.05, 4.69) is 44.8 Å². The molecule has 19 heavy (non-hydrogen) atoms. The Morgan fingerprint density at radius 3 is 2.47 bits per heavy atom. The van der Waals surface area contributed by atoms with Crippen LogP contribution in [0.1, 0.15) is 53.9 Å². The van der Waals surface area contributed by atoms with E-state index >= 15 is 0 Å². The Kier molecular flexibility index (Phi) is 7.33. The molecule has 0 spiro atoms. The van der Waals surface area contributed by atoms with Gasteiger partial charge < -0.3 is 10.1 Å². The number of hydrogen-bond acceptors (Lipinski definition) is 3. The van der Waals surface area contributed by atoms with Gasteiger partial charge in [-0.3, -0.25) is 4.90 Å². The fourth-order valence-corrected chi connectivity index (χ4v) is 3.14. The molecule has 2 unspecified atom stereocenters. The summed E-state index contributed by atoms with van der Waals surface area (Å²) in [6.07, 6.45) is 3.67. The second-order valence-electron chi connectivity index (χ2n) is 5.99. The molecular weight excluding hydrogens is 236 g/mol. The molecule has 0 aliphatic carbocycles. The molecule has 1 fully saturated rings. The first-order valence-electron chi connectivity index (χ1n) is 8.19. The van der Waals surface area contributed by atoms with Crippen LogP contribution in [0.4, 0.5) is 0 Å². The monoisotopic (exact) mass is 270 g/mol. The van der Waals surface area contributed by atoms with Crippen molar-refractivity contribution in [2.24, 2.45) is 5.92 Å². The highest BCUT2D eigenvalue weighted by molar-refractivity contribution is 4.97. The second-order valence-corrected chi connectivity index (χ2v) is 5.99. The van der Waals surface area contributed by atoms with Gasteiger partial charge in [0.1, 0.15) is 0 Å². The van der Waals surface area contributed by atoms with Crippen molar-refractivity contribution in [3.8, 4) is 0 Å². The predicted octanol–water partition coefficient (Wildman–Crippen LogP) is 2.90. The van der Waals surface area contributed by atoms with Gasteiger partial charge in [-0.25, -0.2) is 0 Å². The van der Waals surface area contributed by atoms with Gasteiger partial charge in [-0.15, -0.1) is 0 Å². The van der Waals surface area contributed by atoms with Crippen molar-refractivity contribution in [3.63, 3.8) is 0 Å². The molecule has 3 nitrogen and oxygen atoms in total. The van der Waals surface area contributed by atoms with Gasteiger partial charge >= 0.3 is 0 Å². The van der Waals surface area contributed by atoms with Gasteiger partial charge in [-0.1, -0.05) is 34.1 Å². The lowest BCUT2D eigenvalue weighted by molar-refractivity contribution is 0.0204. The number of rotatable bonds is 8. The van der Waals surface area contributed by atoms with Crippen LogP contribution in [0.2, 0.25) is 0 Å². The van der Waals surface area contributed by atoms with Crippen LogP contribution < -0.4 is 5.32 Å². The number of hydrogen-bond donors (Lipinski definition) is 1. The normalized spacial score (nSPS) is 25.4. The van der Waals surface area contributed by atoms with Gasteiger partial charge in [0, 0.05) is 37.8 Å². The first-order chi connectivity index (χ1) is 9.12. The van der Waals surface area contributed by atoms with E-state index in [-0.39, 0.29) is 0 Å². The number of ether oxygens (including phenoxy) is 1. The van der Waals surface area contributed by atoms with Crippen molar-refractivity contribution in [3.05, 3.63) is 0 Å². The maximum absolute atomic E-state index is 5.57. The van der Waals surface area contributed by atoms with Gasteiger partial charge in [-0.05, 0) is 25.7 Å². The molecule has 0 saturated carbocycles. The minimum Gasteiger partial charge on any atom is -0.380 e. The van der Waals surface area contributed by atoms with Crippen molar-refractivity contribution < 1.29 is 4.74 Å². The van der Waals surface area contributed by atoms with Crippen molar-refractivity contribution in [1.29, 1.82) is 0 Å². The van der Waals surface area contributed by atoms with Crippen LogP contribution >= 0.6 is 0 Å². The third-order valence-electron chi connectivity index (χ3n) is 5.04. The number of nitrogens with one attached hydrogen (secondary N) is 1. The molecule has 1 rings (SSSR count). The lowest BCUT2D eigenvalue weighted by Crippen LogP contribution is -2.65. The van der Waals surface area contributed by atoms with Crippen molar-refractivity contribution in [1.82, 2.24) is 10.2 Å². The van der Waals surface area contributed by atoms with Gasteiger partial charge in [0.05, 0.1) is 6.61 Å². The molecule has 0 bridgehead atoms. The summed E-state index contributed by atoms with van der Waals surface area (Å²) in [5.41, 5.74) is 0.316. The first kappa shape index (κ1) is 16.9. The summed E-state index contributed by atoms with van der Waals surface area (Å²) in [6, 6.07) is 0.664. The Morgan fingerprint density at radius 1 is 1.26 bits per heavy atom. The molecule has 0 aromatic carbocycles. The van der Waals surface area contributed by atoms with Crippen LogP contribution in [0.3, 0.4) is 0 Å². The van der Waals surface area contributed by atoms with Crippen molar-refractivity contribution in [2.75, 3.05) is 32.8 Å². The van der Waals surface area contributed by atoms with E-state index in [9.17, 15) is 0 Å². The highest BCUT2D eigenvalue weighted by atomic mass is 16.5. The summed E-state index contributed by atoms with van der Waals surface area (Å²) < 4.78 is 5.57. The van der Waals surface area contributed by atoms with Crippen LogP contribution in [0.5, 0.6) is 0 Å². The zero-order chi connectivity index (χ0) is 14.3. The molecule has 0 aromatic rings. The third kappa shape index (κ3) is 4.44. The summed E-state index contributed by atoms with van der Waals surface area (Å²) in [5, 5.41) is 3.84. The summed E-state index contributed by atoms with van der Waals surface area (Å²) >= 11 is 0. The van der Waals surface area contributed by atoms with E-state index in [4.69, 9.17) is 4.74 Å². The summed E-state index contributed by atoms with van der Waals surface area (Å²) in [4.78, 5) is 2.67. The standard InChI is InChI=1S/C16H34N2O/c1-6-14(5)15-12-17-16(7-2,8-3)13-18(15)10-11-19-9-4/h14-15,17H,6-13H2,1-5H3. The van der Waals surface area contributed by atoms with E-state index in [0.29, 0.717) is 11.6 Å². The van der Waals surface area contributed by atoms with Crippen LogP contribution in [0.15, 0.2) is 0 Å². The molecule has 0 radical (unpaired) electrons. The van der Waals surface area contributed by atoms with E-state index < -0.39 is 0 Å². The van der Waals surface area contributed by atoms with E-state index in [1.54, 1.807) is 0 Å². The van der Waals surface area contributed by atoms with Gasteiger partial charge in [0.2, 0.25) is 0 Å². The molecule has 0 aromatic heterocycles. The van der Waals surface area contributed by atoms with Crippen LogP contribution in [-0.2, 0) is 4.74 Å². The molecule has 1 aliphatic rings. The molecule has 1 heterocycles. The Balaban J connectivity index is 2.67. The Labute approximate surface area is 120 Å². The average Bonchev–Trinajstić information content (AvgIpc) is 2.46. The first-order valence-corrected chi connectivity index (χ1v) is 8.19. The molecule has 1 saturated heterocycles. The van der Waals surface area contributed by atoms with Gasteiger partial charge in [0.25, 0.3) is 0 Å². The van der Waals surface area contributed by atoms with Crippen LogP contribution in [0, 0.1) is 5.92 Å². The average molecular weight is 270 g/mol. The van der Waals surface area contributed by atoms with Crippen molar-refractivity contribution in [2.45, 2.75) is 65.5 Å². The fraction of sp³-hybridized carbons (Fsp3) is 1.00. The lowest BCUT2D eigenvalue weighted by Gasteiger charge is -2.49. The van der Waals surface area contributed by atoms with E-state index in [1.807, 2.05) is 0 Å². The Morgan fingerprint density at radius 2 is 1.95 bits per heavy atom. The Bertz CT molecular complexity index is 241. The fourth-order valence-electron chi connectivity index (χ4n) is 3.14. The summed E-state index contributed by atoms with van der Waals surface area (Å²) in [5.74, 6) is 0.751. The van der Waals surface area contributed by atoms with E-state index in [1.165, 1.54) is 25.8 Å². The highest BCUT2D eigenvalue weighted by Crippen LogP contribution is 2.26. The maximum atomic E-state index is 5.57. The molecule has 0 amide bonds. The zero-order valence-electron chi connectivity index (χ0n) is 13.7. The SMILES string of the molecule is CCOCCN1CC(CC)(CC)NCC1C(C)CC. The zero-order valence-corrected chi connectivity index (χ0v) is 13.7. The maximum Gasteiger partial charge on any atom is 0.0593 e. The van der Waals surface area contributed by atoms with Crippen molar-refractivity contribution >= 4 is 0 Å². The lowest BCUT2D eigenvalue weighted by atomic mass is 9.85. The minimum absolute atomic E-state index is 0.316.